The lowest BCUT2D eigenvalue weighted by atomic mass is 10.2. The first-order chi connectivity index (χ1) is 8.56. The number of hydrogen-bond donors (Lipinski definition) is 0. The molecule has 4 heteroatoms. The van der Waals surface area contributed by atoms with Crippen LogP contribution in [0.4, 0.5) is 5.69 Å². The fourth-order valence-corrected chi connectivity index (χ4v) is 2.64. The van der Waals surface area contributed by atoms with Crippen molar-refractivity contribution in [1.82, 2.24) is 4.90 Å². The average Bonchev–Trinajstić information content (AvgIpc) is 2.69. The Balaban J connectivity index is 2.20. The highest BCUT2D eigenvalue weighted by Gasteiger charge is 2.19. The van der Waals surface area contributed by atoms with E-state index in [1.165, 1.54) is 6.42 Å². The molecule has 98 valence electrons. The topological polar surface area (TPSA) is 15.6 Å². The summed E-state index contributed by atoms with van der Waals surface area (Å²) in [6, 6.07) is 5.45. The van der Waals surface area contributed by atoms with Gasteiger partial charge in [0.25, 0.3) is 0 Å². The maximum absolute atomic E-state index is 6.15. The van der Waals surface area contributed by atoms with Crippen molar-refractivity contribution in [2.75, 3.05) is 13.1 Å². The summed E-state index contributed by atoms with van der Waals surface area (Å²) in [6.07, 6.45) is 2.21. The highest BCUT2D eigenvalue weighted by atomic mass is 35.5. The Labute approximate surface area is 119 Å². The van der Waals surface area contributed by atoms with Crippen LogP contribution in [0.1, 0.15) is 26.7 Å². The van der Waals surface area contributed by atoms with Crippen molar-refractivity contribution in [3.05, 3.63) is 28.2 Å². The molecule has 0 saturated carbocycles. The third kappa shape index (κ3) is 3.39. The van der Waals surface area contributed by atoms with Gasteiger partial charge >= 0.3 is 0 Å². The second kappa shape index (κ2) is 5.94. The molecule has 1 aromatic rings. The molecule has 1 heterocycles. The number of aliphatic imine (C=N–C) groups is 1. The molecule has 1 fully saturated rings. The Bertz CT molecular complexity index is 455. The van der Waals surface area contributed by atoms with Crippen LogP contribution in [0.5, 0.6) is 0 Å². The smallest absolute Gasteiger partial charge is 0.105 e. The monoisotopic (exact) mass is 284 g/mol. The molecule has 2 rings (SSSR count). The molecule has 0 radical (unpaired) electrons. The molecule has 0 aromatic heterocycles. The van der Waals surface area contributed by atoms with Gasteiger partial charge in [-0.1, -0.05) is 37.0 Å². The largest absolute Gasteiger partial charge is 0.360 e. The number of nitrogens with zero attached hydrogens (tertiary/aromatic N) is 2. The van der Waals surface area contributed by atoms with Gasteiger partial charge in [-0.3, -0.25) is 0 Å². The molecule has 2 nitrogen and oxygen atoms in total. The van der Waals surface area contributed by atoms with Crippen LogP contribution in [-0.2, 0) is 0 Å². The van der Waals surface area contributed by atoms with E-state index in [2.05, 4.69) is 23.7 Å². The summed E-state index contributed by atoms with van der Waals surface area (Å²) >= 11 is 12.0. The summed E-state index contributed by atoms with van der Waals surface area (Å²) in [4.78, 5) is 7.04. The van der Waals surface area contributed by atoms with Gasteiger partial charge in [0.05, 0.1) is 10.7 Å². The van der Waals surface area contributed by atoms with E-state index in [0.29, 0.717) is 16.0 Å². The lowest BCUT2D eigenvalue weighted by molar-refractivity contribution is 0.391. The summed E-state index contributed by atoms with van der Waals surface area (Å²) in [7, 11) is 0. The molecule has 0 aliphatic carbocycles. The summed E-state index contributed by atoms with van der Waals surface area (Å²) < 4.78 is 0. The molecule has 0 unspecified atom stereocenters. The second-order valence-corrected chi connectivity index (χ2v) is 5.91. The van der Waals surface area contributed by atoms with Gasteiger partial charge in [0.2, 0.25) is 0 Å². The van der Waals surface area contributed by atoms with Gasteiger partial charge in [0.1, 0.15) is 5.84 Å². The van der Waals surface area contributed by atoms with Crippen molar-refractivity contribution in [3.8, 4) is 0 Å². The molecular formula is C14H18Cl2N2. The Morgan fingerprint density at radius 1 is 1.33 bits per heavy atom. The second-order valence-electron chi connectivity index (χ2n) is 5.07. The molecule has 0 atom stereocenters. The van der Waals surface area contributed by atoms with Crippen molar-refractivity contribution >= 4 is 34.7 Å². The highest BCUT2D eigenvalue weighted by molar-refractivity contribution is 6.36. The van der Waals surface area contributed by atoms with Gasteiger partial charge in [-0.2, -0.15) is 0 Å². The van der Waals surface area contributed by atoms with Crippen LogP contribution in [-0.4, -0.2) is 23.8 Å². The van der Waals surface area contributed by atoms with Crippen molar-refractivity contribution in [2.24, 2.45) is 10.9 Å². The lowest BCUT2D eigenvalue weighted by Crippen LogP contribution is -2.28. The molecule has 0 N–H and O–H groups in total. The van der Waals surface area contributed by atoms with E-state index in [0.717, 1.165) is 31.0 Å². The Morgan fingerprint density at radius 3 is 2.78 bits per heavy atom. The first-order valence-corrected chi connectivity index (χ1v) is 7.09. The maximum atomic E-state index is 6.15. The number of benzene rings is 1. The SMILES string of the molecule is CC(C)CN1CCCC1=Nc1ccc(Cl)cc1Cl. The number of likely N-dealkylation sites (tertiary alicyclic amines) is 1. The van der Waals surface area contributed by atoms with Gasteiger partial charge in [-0.05, 0) is 30.5 Å². The van der Waals surface area contributed by atoms with E-state index in [1.54, 1.807) is 6.07 Å². The Morgan fingerprint density at radius 2 is 2.11 bits per heavy atom. The molecular weight excluding hydrogens is 267 g/mol. The molecule has 18 heavy (non-hydrogen) atoms. The third-order valence-corrected chi connectivity index (χ3v) is 3.48. The van der Waals surface area contributed by atoms with Gasteiger partial charge in [-0.25, -0.2) is 4.99 Å². The highest BCUT2D eigenvalue weighted by Crippen LogP contribution is 2.29. The predicted molar refractivity (Wildman–Crippen MR) is 79.2 cm³/mol. The van der Waals surface area contributed by atoms with Gasteiger partial charge in [0, 0.05) is 24.5 Å². The quantitative estimate of drug-likeness (QED) is 0.780. The van der Waals surface area contributed by atoms with Crippen molar-refractivity contribution < 1.29 is 0 Å². The lowest BCUT2D eigenvalue weighted by Gasteiger charge is -2.21. The van der Waals surface area contributed by atoms with Crippen LogP contribution in [0, 0.1) is 5.92 Å². The zero-order valence-electron chi connectivity index (χ0n) is 10.8. The minimum absolute atomic E-state index is 0.617. The van der Waals surface area contributed by atoms with E-state index in [4.69, 9.17) is 23.2 Å². The van der Waals surface area contributed by atoms with Crippen LogP contribution in [0.2, 0.25) is 10.0 Å². The zero-order chi connectivity index (χ0) is 13.1. The Kier molecular flexibility index (Phi) is 4.52. The predicted octanol–water partition coefficient (Wildman–Crippen LogP) is 4.78. The van der Waals surface area contributed by atoms with Crippen LogP contribution < -0.4 is 0 Å². The van der Waals surface area contributed by atoms with E-state index in [9.17, 15) is 0 Å². The first kappa shape index (κ1) is 13.7. The molecule has 1 aliphatic heterocycles. The molecule has 0 amide bonds. The van der Waals surface area contributed by atoms with Gasteiger partial charge < -0.3 is 4.90 Å². The minimum atomic E-state index is 0.617. The van der Waals surface area contributed by atoms with Gasteiger partial charge in [-0.15, -0.1) is 0 Å². The number of halogens is 2. The maximum Gasteiger partial charge on any atom is 0.105 e. The van der Waals surface area contributed by atoms with Crippen LogP contribution in [0.3, 0.4) is 0 Å². The summed E-state index contributed by atoms with van der Waals surface area (Å²) in [5.41, 5.74) is 0.812. The van der Waals surface area contributed by atoms with Crippen molar-refractivity contribution in [1.29, 1.82) is 0 Å². The fraction of sp³-hybridized carbons (Fsp3) is 0.500. The van der Waals surface area contributed by atoms with Crippen molar-refractivity contribution in [2.45, 2.75) is 26.7 Å². The van der Waals surface area contributed by atoms with Crippen LogP contribution in [0.25, 0.3) is 0 Å². The standard InChI is InChI=1S/C14H18Cl2N2/c1-10(2)9-18-7-3-4-14(18)17-13-6-5-11(15)8-12(13)16/h5-6,8,10H,3-4,7,9H2,1-2H3. The van der Waals surface area contributed by atoms with E-state index in [-0.39, 0.29) is 0 Å². The summed E-state index contributed by atoms with van der Waals surface area (Å²) in [5.74, 6) is 1.79. The van der Waals surface area contributed by atoms with Crippen LogP contribution >= 0.6 is 23.2 Å². The van der Waals surface area contributed by atoms with Crippen LogP contribution in [0.15, 0.2) is 23.2 Å². The minimum Gasteiger partial charge on any atom is -0.360 e. The molecule has 1 aromatic carbocycles. The Hall–Kier alpha value is -0.730. The first-order valence-electron chi connectivity index (χ1n) is 6.34. The van der Waals surface area contributed by atoms with E-state index >= 15 is 0 Å². The van der Waals surface area contributed by atoms with Crippen molar-refractivity contribution in [3.63, 3.8) is 0 Å². The van der Waals surface area contributed by atoms with E-state index in [1.807, 2.05) is 12.1 Å². The number of rotatable bonds is 3. The number of amidine groups is 1. The number of hydrogen-bond acceptors (Lipinski definition) is 1. The molecule has 0 bridgehead atoms. The van der Waals surface area contributed by atoms with E-state index < -0.39 is 0 Å². The average molecular weight is 285 g/mol. The molecule has 1 aliphatic rings. The summed E-state index contributed by atoms with van der Waals surface area (Å²) in [5, 5.41) is 1.26. The normalized spacial score (nSPS) is 18.1. The zero-order valence-corrected chi connectivity index (χ0v) is 12.3. The third-order valence-electron chi connectivity index (χ3n) is 2.94. The molecule has 1 saturated heterocycles. The van der Waals surface area contributed by atoms with Gasteiger partial charge in [0.15, 0.2) is 0 Å². The molecule has 0 spiro atoms. The summed E-state index contributed by atoms with van der Waals surface area (Å²) in [6.45, 7) is 6.61. The fourth-order valence-electron chi connectivity index (χ4n) is 2.19.